The number of benzene rings is 2. The summed E-state index contributed by atoms with van der Waals surface area (Å²) in [7, 11) is 0. The van der Waals surface area contributed by atoms with E-state index in [1.54, 1.807) is 0 Å². The normalized spacial score (nSPS) is 14.1. The van der Waals surface area contributed by atoms with Gasteiger partial charge in [0.25, 0.3) is 0 Å². The second kappa shape index (κ2) is 5.16. The van der Waals surface area contributed by atoms with E-state index in [-0.39, 0.29) is 0 Å². The number of aliphatic imine (C=N–C) groups is 1. The Bertz CT molecular complexity index is 653. The van der Waals surface area contributed by atoms with Crippen molar-refractivity contribution >= 4 is 55.7 Å². The largest absolute Gasteiger partial charge is 0.321 e. The van der Waals surface area contributed by atoms with Gasteiger partial charge < -0.3 is 4.90 Å². The molecule has 2 aromatic rings. The van der Waals surface area contributed by atoms with Gasteiger partial charge in [0.05, 0.1) is 5.69 Å². The summed E-state index contributed by atoms with van der Waals surface area (Å²) in [4.78, 5) is 6.42. The van der Waals surface area contributed by atoms with Crippen molar-refractivity contribution in [3.05, 3.63) is 57.5 Å². The zero-order valence-corrected chi connectivity index (χ0v) is 12.9. The first-order chi connectivity index (χ1) is 9.15. The van der Waals surface area contributed by atoms with Gasteiger partial charge in [0.1, 0.15) is 11.8 Å². The fourth-order valence-corrected chi connectivity index (χ4v) is 2.68. The molecule has 1 aliphatic rings. The Morgan fingerprint density at radius 1 is 1.05 bits per heavy atom. The van der Waals surface area contributed by atoms with Crippen molar-refractivity contribution in [3.8, 4) is 0 Å². The third-order valence-electron chi connectivity index (χ3n) is 2.96. The highest BCUT2D eigenvalue weighted by atomic mass is 79.9. The van der Waals surface area contributed by atoms with Gasteiger partial charge in [0, 0.05) is 20.7 Å². The molecule has 96 valence electrons. The highest BCUT2D eigenvalue weighted by Crippen LogP contribution is 2.35. The van der Waals surface area contributed by atoms with Gasteiger partial charge in [0.15, 0.2) is 0 Å². The molecule has 0 saturated heterocycles. The molecule has 0 spiro atoms. The lowest BCUT2D eigenvalue weighted by molar-refractivity contribution is 0.968. The number of rotatable bonds is 1. The summed E-state index contributed by atoms with van der Waals surface area (Å²) < 4.78 is 1.04. The van der Waals surface area contributed by atoms with Crippen molar-refractivity contribution < 1.29 is 0 Å². The van der Waals surface area contributed by atoms with Crippen LogP contribution >= 0.6 is 39.1 Å². The maximum Gasteiger partial charge on any atom is 0.135 e. The fraction of sp³-hybridized carbons (Fsp3) is 0.0714. The molecule has 5 heteroatoms. The Kier molecular flexibility index (Phi) is 3.52. The van der Waals surface area contributed by atoms with Gasteiger partial charge in [-0.2, -0.15) is 0 Å². The molecule has 0 fully saturated rings. The van der Waals surface area contributed by atoms with E-state index in [0.717, 1.165) is 21.4 Å². The van der Waals surface area contributed by atoms with Gasteiger partial charge in [0.2, 0.25) is 0 Å². The van der Waals surface area contributed by atoms with E-state index >= 15 is 0 Å². The van der Waals surface area contributed by atoms with E-state index in [1.807, 2.05) is 42.5 Å². The van der Waals surface area contributed by atoms with Crippen molar-refractivity contribution in [2.24, 2.45) is 4.99 Å². The smallest absolute Gasteiger partial charge is 0.135 e. The number of hydrogen-bond acceptors (Lipinski definition) is 2. The molecule has 19 heavy (non-hydrogen) atoms. The van der Waals surface area contributed by atoms with Crippen molar-refractivity contribution in [1.82, 2.24) is 0 Å². The number of fused-ring (bicyclic) bond motifs is 1. The first-order valence-electron chi connectivity index (χ1n) is 5.68. The number of nitrogens with zero attached hydrogens (tertiary/aromatic N) is 2. The highest BCUT2D eigenvalue weighted by molar-refractivity contribution is 9.10. The first kappa shape index (κ1) is 13.0. The van der Waals surface area contributed by atoms with E-state index in [4.69, 9.17) is 23.2 Å². The third-order valence-corrected chi connectivity index (χ3v) is 4.05. The monoisotopic (exact) mass is 354 g/mol. The second-order valence-electron chi connectivity index (χ2n) is 4.16. The van der Waals surface area contributed by atoms with Crippen LogP contribution in [-0.2, 0) is 0 Å². The van der Waals surface area contributed by atoms with Crippen LogP contribution in [0.4, 0.5) is 11.4 Å². The Morgan fingerprint density at radius 3 is 2.53 bits per heavy atom. The van der Waals surface area contributed by atoms with E-state index < -0.39 is 0 Å². The van der Waals surface area contributed by atoms with Crippen molar-refractivity contribution in [2.45, 2.75) is 0 Å². The quantitative estimate of drug-likeness (QED) is 0.686. The number of anilines is 2. The molecule has 2 nitrogen and oxygen atoms in total. The lowest BCUT2D eigenvalue weighted by Crippen LogP contribution is -2.23. The summed E-state index contributed by atoms with van der Waals surface area (Å²) >= 11 is 15.7. The van der Waals surface area contributed by atoms with Crippen molar-refractivity contribution in [2.75, 3.05) is 11.6 Å². The lowest BCUT2D eigenvalue weighted by Gasteiger charge is -2.28. The predicted octanol–water partition coefficient (Wildman–Crippen LogP) is 5.20. The summed E-state index contributed by atoms with van der Waals surface area (Å²) in [6, 6.07) is 13.7. The molecule has 3 rings (SSSR count). The number of halogens is 3. The molecular formula is C14H9BrCl2N2. The summed E-state index contributed by atoms with van der Waals surface area (Å²) in [5.41, 5.74) is 2.94. The molecule has 2 aromatic carbocycles. The van der Waals surface area contributed by atoms with Crippen LogP contribution < -0.4 is 4.90 Å². The van der Waals surface area contributed by atoms with E-state index in [2.05, 4.69) is 25.8 Å². The van der Waals surface area contributed by atoms with Crippen LogP contribution in [-0.4, -0.2) is 11.8 Å². The zero-order chi connectivity index (χ0) is 13.4. The van der Waals surface area contributed by atoms with E-state index in [1.165, 1.54) is 0 Å². The van der Waals surface area contributed by atoms with Gasteiger partial charge in [-0.05, 0) is 42.5 Å². The highest BCUT2D eigenvalue weighted by Gasteiger charge is 2.20. The molecule has 1 heterocycles. The molecule has 0 radical (unpaired) electrons. The second-order valence-corrected chi connectivity index (χ2v) is 5.87. The maximum absolute atomic E-state index is 6.15. The number of hydrogen-bond donors (Lipinski definition) is 0. The summed E-state index contributed by atoms with van der Waals surface area (Å²) in [6.07, 6.45) is 0. The minimum atomic E-state index is 0.494. The topological polar surface area (TPSA) is 15.6 Å². The molecule has 0 aliphatic carbocycles. The molecule has 0 bridgehead atoms. The molecule has 0 aromatic heterocycles. The predicted molar refractivity (Wildman–Crippen MR) is 85.0 cm³/mol. The van der Waals surface area contributed by atoms with Crippen LogP contribution in [0.2, 0.25) is 5.02 Å². The van der Waals surface area contributed by atoms with Crippen LogP contribution in [0.5, 0.6) is 0 Å². The van der Waals surface area contributed by atoms with Crippen LogP contribution in [0, 0.1) is 0 Å². The summed E-state index contributed by atoms with van der Waals surface area (Å²) in [5.74, 6) is 0. The van der Waals surface area contributed by atoms with Gasteiger partial charge in [-0.1, -0.05) is 39.1 Å². The van der Waals surface area contributed by atoms with Crippen LogP contribution in [0.25, 0.3) is 0 Å². The molecule has 0 amide bonds. The van der Waals surface area contributed by atoms with Crippen molar-refractivity contribution in [3.63, 3.8) is 0 Å². The molecular weight excluding hydrogens is 347 g/mol. The van der Waals surface area contributed by atoms with E-state index in [9.17, 15) is 0 Å². The van der Waals surface area contributed by atoms with Gasteiger partial charge in [-0.25, -0.2) is 0 Å². The molecule has 0 atom stereocenters. The standard InChI is InChI=1S/C14H9BrCl2N2/c15-9-1-4-11(5-2-9)19-8-18-14(17)12-6-3-10(16)7-13(12)19/h1-7H,8H2. The molecule has 1 aliphatic heterocycles. The average Bonchev–Trinajstić information content (AvgIpc) is 2.40. The van der Waals surface area contributed by atoms with Gasteiger partial charge in [-0.15, -0.1) is 0 Å². The van der Waals surface area contributed by atoms with Crippen LogP contribution in [0.15, 0.2) is 51.9 Å². The van der Waals surface area contributed by atoms with E-state index in [0.29, 0.717) is 16.9 Å². The van der Waals surface area contributed by atoms with Gasteiger partial charge in [-0.3, -0.25) is 4.99 Å². The molecule has 0 saturated carbocycles. The van der Waals surface area contributed by atoms with Gasteiger partial charge >= 0.3 is 0 Å². The minimum absolute atomic E-state index is 0.494. The Hall–Kier alpha value is -1.03. The average molecular weight is 356 g/mol. The fourth-order valence-electron chi connectivity index (χ4n) is 2.04. The molecule has 0 unspecified atom stereocenters. The Balaban J connectivity index is 2.11. The summed E-state index contributed by atoms with van der Waals surface area (Å²) in [5, 5.41) is 1.22. The summed E-state index contributed by atoms with van der Waals surface area (Å²) in [6.45, 7) is 0.494. The lowest BCUT2D eigenvalue weighted by atomic mass is 10.1. The Morgan fingerprint density at radius 2 is 1.79 bits per heavy atom. The maximum atomic E-state index is 6.15. The van der Waals surface area contributed by atoms with Crippen LogP contribution in [0.3, 0.4) is 0 Å². The SMILES string of the molecule is ClC1=NCN(c2ccc(Br)cc2)c2cc(Cl)ccc21. The first-order valence-corrected chi connectivity index (χ1v) is 7.23. The minimum Gasteiger partial charge on any atom is -0.321 e. The van der Waals surface area contributed by atoms with Crippen LogP contribution in [0.1, 0.15) is 5.56 Å². The zero-order valence-electron chi connectivity index (χ0n) is 9.78. The Labute approximate surface area is 129 Å². The van der Waals surface area contributed by atoms with Crippen molar-refractivity contribution in [1.29, 1.82) is 0 Å². The third kappa shape index (κ3) is 2.50. The molecule has 0 N–H and O–H groups in total.